The molecule has 0 unspecified atom stereocenters. The Morgan fingerprint density at radius 3 is 2.33 bits per heavy atom. The van der Waals surface area contributed by atoms with E-state index in [0.29, 0.717) is 0 Å². The van der Waals surface area contributed by atoms with Gasteiger partial charge >= 0.3 is 59.9 Å². The van der Waals surface area contributed by atoms with Gasteiger partial charge in [-0.15, -0.1) is 0 Å². The molecule has 0 saturated carbocycles. The van der Waals surface area contributed by atoms with Crippen LogP contribution in [0.4, 0.5) is 0 Å². The summed E-state index contributed by atoms with van der Waals surface area (Å²) in [6, 6.07) is 12.5. The first kappa shape index (κ1) is 8.99. The Hall–Kier alpha value is -1.11. The average molecular weight is 156 g/mol. The number of hydrogen-bond acceptors (Lipinski definition) is 0. The minimum atomic E-state index is 1.31. The van der Waals surface area contributed by atoms with E-state index in [1.165, 1.54) is 10.7 Å². The van der Waals surface area contributed by atoms with Crippen LogP contribution in [0.1, 0.15) is 13.8 Å². The van der Waals surface area contributed by atoms with Gasteiger partial charge in [-0.05, 0) is 0 Å². The predicted molar refractivity (Wildman–Crippen MR) is 56.6 cm³/mol. The van der Waals surface area contributed by atoms with Gasteiger partial charge in [0.15, 0.2) is 0 Å². The van der Waals surface area contributed by atoms with Gasteiger partial charge in [-0.1, -0.05) is 13.8 Å². The molecule has 0 spiro atoms. The maximum atomic E-state index is 2.12. The van der Waals surface area contributed by atoms with Crippen molar-refractivity contribution < 1.29 is 0 Å². The predicted octanol–water partition coefficient (Wildman–Crippen LogP) is 3.20. The summed E-state index contributed by atoms with van der Waals surface area (Å²) in [5, 5.41) is 2.62. The third kappa shape index (κ3) is 1.94. The molecular weight excluding hydrogens is 143 g/mol. The summed E-state index contributed by atoms with van der Waals surface area (Å²) in [6.07, 6.45) is 0. The van der Waals surface area contributed by atoms with E-state index in [1.807, 2.05) is 13.8 Å². The van der Waals surface area contributed by atoms with Crippen molar-refractivity contribution in [1.82, 2.24) is 0 Å². The van der Waals surface area contributed by atoms with Crippen LogP contribution in [0.5, 0.6) is 0 Å². The Bertz CT molecular complexity index is 276. The molecule has 0 aliphatic heterocycles. The average Bonchev–Trinajstić information content (AvgIpc) is 2.21. The van der Waals surface area contributed by atoms with Crippen LogP contribution in [0.15, 0.2) is 42.4 Å². The molecule has 0 radical (unpaired) electrons. The summed E-state index contributed by atoms with van der Waals surface area (Å²) >= 11 is 0. The zero-order valence-electron chi connectivity index (χ0n) is 7.62. The second-order valence-electron chi connectivity index (χ2n) is 2.35. The van der Waals surface area contributed by atoms with Crippen LogP contribution in [-0.4, -0.2) is 6.91 Å². The zero-order chi connectivity index (χ0) is 8.81. The van der Waals surface area contributed by atoms with E-state index in [0.717, 1.165) is 0 Å². The van der Waals surface area contributed by atoms with E-state index in [4.69, 9.17) is 0 Å². The van der Waals surface area contributed by atoms with Gasteiger partial charge in [0, 0.05) is 0 Å². The topological polar surface area (TPSA) is 0 Å². The minimum absolute atomic E-state index is 1.31. The van der Waals surface area contributed by atoms with Crippen LogP contribution in [0.3, 0.4) is 0 Å². The van der Waals surface area contributed by atoms with Crippen LogP contribution in [-0.2, 0) is 0 Å². The van der Waals surface area contributed by atoms with Crippen molar-refractivity contribution in [2.75, 3.05) is 0 Å². The second kappa shape index (κ2) is 4.71. The molecule has 0 aliphatic rings. The van der Waals surface area contributed by atoms with E-state index in [2.05, 4.69) is 49.3 Å². The Labute approximate surface area is 74.4 Å². The Morgan fingerprint density at radius 2 is 1.58 bits per heavy atom. The van der Waals surface area contributed by atoms with Gasteiger partial charge in [0.05, 0.1) is 0 Å². The van der Waals surface area contributed by atoms with Crippen LogP contribution in [0.25, 0.3) is 10.7 Å². The Balaban J connectivity index is 0.000000336. The van der Waals surface area contributed by atoms with E-state index >= 15 is 0 Å². The number of rotatable bonds is 0. The zero-order valence-corrected chi connectivity index (χ0v) is 7.62. The fourth-order valence-electron chi connectivity index (χ4n) is 1.13. The summed E-state index contributed by atoms with van der Waals surface area (Å²) in [5.74, 6) is 2.06. The molecule has 0 aliphatic carbocycles. The van der Waals surface area contributed by atoms with Crippen molar-refractivity contribution in [2.24, 2.45) is 0 Å². The van der Waals surface area contributed by atoms with Crippen LogP contribution in [0.2, 0.25) is 0 Å². The first-order valence-corrected chi connectivity index (χ1v) is 4.40. The van der Waals surface area contributed by atoms with Crippen LogP contribution in [0, 0.1) is 0 Å². The first-order chi connectivity index (χ1) is 5.97. The molecule has 60 valence electrons. The molecule has 0 nitrogen and oxygen atoms in total. The molecule has 2 rings (SSSR count). The van der Waals surface area contributed by atoms with E-state index in [1.54, 1.807) is 0 Å². The number of fused-ring (bicyclic) bond motifs is 1. The fraction of sp³-hybridized carbons (Fsp3) is 0.182. The number of benzene rings is 1. The molecular formula is C11H13B. The van der Waals surface area contributed by atoms with Crippen molar-refractivity contribution >= 4 is 17.6 Å². The van der Waals surface area contributed by atoms with Gasteiger partial charge in [-0.25, -0.2) is 0 Å². The van der Waals surface area contributed by atoms with Gasteiger partial charge in [0.1, 0.15) is 0 Å². The molecule has 1 aromatic heterocycles. The molecule has 2 aromatic rings. The van der Waals surface area contributed by atoms with Crippen LogP contribution >= 0.6 is 0 Å². The van der Waals surface area contributed by atoms with Crippen molar-refractivity contribution in [3.8, 4) is 0 Å². The van der Waals surface area contributed by atoms with Gasteiger partial charge in [-0.3, -0.25) is 0 Å². The first-order valence-electron chi connectivity index (χ1n) is 4.40. The molecule has 12 heavy (non-hydrogen) atoms. The molecule has 0 fully saturated rings. The van der Waals surface area contributed by atoms with Gasteiger partial charge in [-0.2, -0.15) is 0 Å². The third-order valence-electron chi connectivity index (χ3n) is 1.66. The summed E-state index contributed by atoms with van der Waals surface area (Å²) < 4.78 is 0. The monoisotopic (exact) mass is 156 g/mol. The fourth-order valence-corrected chi connectivity index (χ4v) is 1.13. The summed E-state index contributed by atoms with van der Waals surface area (Å²) in [5.41, 5.74) is 0. The standard InChI is InChI=1S/C9H7B.C2H6/c1-2-6-9-8(4-1)5-3-7-10-9;1-2/h1-7H;1-2H3. The normalized spacial score (nSPS) is 8.50. The number of hydrogen-bond donors (Lipinski definition) is 0. The van der Waals surface area contributed by atoms with Crippen molar-refractivity contribution in [2.45, 2.75) is 13.8 Å². The molecule has 0 saturated heterocycles. The summed E-state index contributed by atoms with van der Waals surface area (Å²) in [6.45, 7) is 6.12. The van der Waals surface area contributed by atoms with E-state index < -0.39 is 0 Å². The quantitative estimate of drug-likeness (QED) is 0.549. The molecule has 0 amide bonds. The molecule has 0 atom stereocenters. The second-order valence-corrected chi connectivity index (χ2v) is 2.35. The van der Waals surface area contributed by atoms with E-state index in [-0.39, 0.29) is 0 Å². The molecule has 0 bridgehead atoms. The van der Waals surface area contributed by atoms with Crippen LogP contribution < -0.4 is 0 Å². The van der Waals surface area contributed by atoms with Gasteiger partial charge in [0.25, 0.3) is 0 Å². The Kier molecular flexibility index (Phi) is 3.53. The molecule has 1 aromatic carbocycles. The van der Waals surface area contributed by atoms with Gasteiger partial charge < -0.3 is 0 Å². The Morgan fingerprint density at radius 1 is 0.917 bits per heavy atom. The summed E-state index contributed by atoms with van der Waals surface area (Å²) in [4.78, 5) is 0. The van der Waals surface area contributed by atoms with Crippen molar-refractivity contribution in [3.63, 3.8) is 0 Å². The summed E-state index contributed by atoms with van der Waals surface area (Å²) in [7, 11) is 0. The molecule has 1 heteroatoms. The third-order valence-corrected chi connectivity index (χ3v) is 1.66. The maximum absolute atomic E-state index is 2.12. The van der Waals surface area contributed by atoms with E-state index in [9.17, 15) is 0 Å². The van der Waals surface area contributed by atoms with Gasteiger partial charge in [0.2, 0.25) is 0 Å². The molecule has 1 heterocycles. The molecule has 0 N–H and O–H groups in total. The van der Waals surface area contributed by atoms with Crippen molar-refractivity contribution in [1.29, 1.82) is 0 Å². The van der Waals surface area contributed by atoms with Crippen molar-refractivity contribution in [3.05, 3.63) is 42.4 Å². The SMILES string of the molecule is CC.b1cccc2ccccc12.